The van der Waals surface area contributed by atoms with E-state index < -0.39 is 29.8 Å². The third-order valence-electron chi connectivity index (χ3n) is 2.82. The van der Waals surface area contributed by atoms with Gasteiger partial charge in [0.15, 0.2) is 5.56 Å². The molecule has 144 valence electrons. The molecule has 8 heteroatoms. The van der Waals surface area contributed by atoms with Crippen molar-refractivity contribution in [3.63, 3.8) is 0 Å². The van der Waals surface area contributed by atoms with E-state index in [4.69, 9.17) is 31.3 Å². The molecule has 0 heterocycles. The summed E-state index contributed by atoms with van der Waals surface area (Å²) in [5.41, 5.74) is -0.827. The number of carboxylic acid groups (broad SMARTS) is 2. The Labute approximate surface area is 158 Å². The van der Waals surface area contributed by atoms with Gasteiger partial charge in [0, 0.05) is 38.5 Å². The van der Waals surface area contributed by atoms with E-state index in [-0.39, 0.29) is 25.7 Å². The summed E-state index contributed by atoms with van der Waals surface area (Å²) >= 11 is 5.56. The minimum absolute atomic E-state index is 0.0519. The molecule has 7 nitrogen and oxygen atoms in total. The van der Waals surface area contributed by atoms with Crippen molar-refractivity contribution >= 4 is 29.7 Å². The Balaban J connectivity index is 4.43. The largest absolute Gasteiger partial charge is 0.510 e. The number of carbonyl (C=O) groups excluding carboxylic acids is 1. The Morgan fingerprint density at radius 2 is 1.35 bits per heavy atom. The molecule has 0 spiro atoms. The van der Waals surface area contributed by atoms with Gasteiger partial charge in [-0.05, 0) is 19.8 Å². The van der Waals surface area contributed by atoms with Gasteiger partial charge < -0.3 is 19.7 Å². The van der Waals surface area contributed by atoms with Gasteiger partial charge in [-0.3, -0.25) is 9.59 Å². The summed E-state index contributed by atoms with van der Waals surface area (Å²) in [5, 5.41) is 17.1. The fourth-order valence-electron chi connectivity index (χ4n) is 1.66. The smallest absolute Gasteiger partial charge is 0.481 e. The molecule has 26 heavy (non-hydrogen) atoms. The normalized spacial score (nSPS) is 10.7. The summed E-state index contributed by atoms with van der Waals surface area (Å²) in [7, 11) is 0. The van der Waals surface area contributed by atoms with Crippen molar-refractivity contribution in [1.29, 1.82) is 0 Å². The van der Waals surface area contributed by atoms with Gasteiger partial charge in [0.25, 0.3) is 0 Å². The molecule has 2 N–H and O–H groups in total. The molecule has 0 aromatic carbocycles. The SMILES string of the molecule is CC(Cl)OC(=O)OC(CC#CCCCC(=O)O)CC#CCCCC(=O)O. The van der Waals surface area contributed by atoms with Gasteiger partial charge >= 0.3 is 18.1 Å². The number of aliphatic carboxylic acids is 2. The van der Waals surface area contributed by atoms with Crippen LogP contribution in [0.4, 0.5) is 4.79 Å². The minimum Gasteiger partial charge on any atom is -0.481 e. The fourth-order valence-corrected chi connectivity index (χ4v) is 1.73. The lowest BCUT2D eigenvalue weighted by atomic mass is 10.1. The second-order valence-corrected chi connectivity index (χ2v) is 5.88. The van der Waals surface area contributed by atoms with Gasteiger partial charge in [0.1, 0.15) is 6.10 Å². The standard InChI is InChI=1S/C18H23ClO7/c1-14(19)25-18(24)26-15(10-6-2-4-8-12-16(20)21)11-7-3-5-9-13-17(22)23/h14-15H,4-5,8-13H2,1H3,(H,20,21)(H,22,23). The van der Waals surface area contributed by atoms with Crippen LogP contribution in [0.2, 0.25) is 0 Å². The number of unbranched alkanes of at least 4 members (excludes halogenated alkanes) is 2. The number of hydrogen-bond donors (Lipinski definition) is 2. The molecule has 0 fully saturated rings. The molecular formula is C18H23ClO7. The molecule has 0 radical (unpaired) electrons. The molecule has 0 aromatic heterocycles. The maximum Gasteiger partial charge on any atom is 0.510 e. The van der Waals surface area contributed by atoms with Crippen LogP contribution in [0.3, 0.4) is 0 Å². The van der Waals surface area contributed by atoms with Crippen LogP contribution in [-0.4, -0.2) is 40.0 Å². The topological polar surface area (TPSA) is 110 Å². The lowest BCUT2D eigenvalue weighted by Gasteiger charge is -2.13. The molecular weight excluding hydrogens is 364 g/mol. The highest BCUT2D eigenvalue weighted by Crippen LogP contribution is 2.08. The predicted molar refractivity (Wildman–Crippen MR) is 94.4 cm³/mol. The van der Waals surface area contributed by atoms with E-state index in [0.717, 1.165) is 0 Å². The maximum atomic E-state index is 11.5. The Bertz CT molecular complexity index is 538. The highest BCUT2D eigenvalue weighted by Gasteiger charge is 2.15. The predicted octanol–water partition coefficient (Wildman–Crippen LogP) is 3.39. The average Bonchev–Trinajstić information content (AvgIpc) is 2.52. The first-order valence-corrected chi connectivity index (χ1v) is 8.61. The maximum absolute atomic E-state index is 11.5. The van der Waals surface area contributed by atoms with Crippen LogP contribution in [0.25, 0.3) is 0 Å². The number of alkyl halides is 1. The minimum atomic E-state index is -0.919. The van der Waals surface area contributed by atoms with Gasteiger partial charge in [0.2, 0.25) is 0 Å². The van der Waals surface area contributed by atoms with Crippen molar-refractivity contribution < 1.29 is 34.1 Å². The van der Waals surface area contributed by atoms with Crippen LogP contribution in [0, 0.1) is 23.7 Å². The Morgan fingerprint density at radius 1 is 0.885 bits per heavy atom. The van der Waals surface area contributed by atoms with Crippen LogP contribution in [0.5, 0.6) is 0 Å². The molecule has 0 aliphatic rings. The molecule has 0 aliphatic carbocycles. The van der Waals surface area contributed by atoms with E-state index in [1.807, 2.05) is 0 Å². The summed E-state index contributed by atoms with van der Waals surface area (Å²) < 4.78 is 9.81. The summed E-state index contributed by atoms with van der Waals surface area (Å²) in [6.07, 6.45) is 0.783. The zero-order chi connectivity index (χ0) is 19.8. The zero-order valence-electron chi connectivity index (χ0n) is 14.6. The van der Waals surface area contributed by atoms with E-state index in [2.05, 4.69) is 23.7 Å². The van der Waals surface area contributed by atoms with Crippen LogP contribution in [0.1, 0.15) is 58.3 Å². The lowest BCUT2D eigenvalue weighted by molar-refractivity contribution is -0.138. The molecule has 0 aromatic rings. The number of carbonyl (C=O) groups is 3. The first-order valence-electron chi connectivity index (χ1n) is 8.17. The summed E-state index contributed by atoms with van der Waals surface area (Å²) in [5.74, 6) is 9.57. The van der Waals surface area contributed by atoms with Crippen molar-refractivity contribution in [3.8, 4) is 23.7 Å². The molecule has 0 saturated carbocycles. The van der Waals surface area contributed by atoms with E-state index >= 15 is 0 Å². The van der Waals surface area contributed by atoms with E-state index in [1.54, 1.807) is 0 Å². The molecule has 0 amide bonds. The summed E-state index contributed by atoms with van der Waals surface area (Å²) in [4.78, 5) is 32.3. The number of halogens is 1. The molecule has 0 rings (SSSR count). The van der Waals surface area contributed by atoms with Crippen molar-refractivity contribution in [2.24, 2.45) is 0 Å². The number of hydrogen-bond acceptors (Lipinski definition) is 5. The van der Waals surface area contributed by atoms with Crippen molar-refractivity contribution in [1.82, 2.24) is 0 Å². The van der Waals surface area contributed by atoms with Crippen LogP contribution >= 0.6 is 11.6 Å². The van der Waals surface area contributed by atoms with Gasteiger partial charge in [-0.1, -0.05) is 23.4 Å². The van der Waals surface area contributed by atoms with Gasteiger partial charge in [-0.15, -0.1) is 11.8 Å². The molecule has 1 atom stereocenters. The Kier molecular flexibility index (Phi) is 13.6. The number of carboxylic acids is 2. The quantitative estimate of drug-likeness (QED) is 0.256. The Morgan fingerprint density at radius 3 is 1.73 bits per heavy atom. The first kappa shape index (κ1) is 23.6. The highest BCUT2D eigenvalue weighted by molar-refractivity contribution is 6.19. The first-order chi connectivity index (χ1) is 12.3. The highest BCUT2D eigenvalue weighted by atomic mass is 35.5. The van der Waals surface area contributed by atoms with E-state index in [0.29, 0.717) is 25.7 Å². The van der Waals surface area contributed by atoms with Crippen molar-refractivity contribution in [3.05, 3.63) is 0 Å². The average molecular weight is 387 g/mol. The van der Waals surface area contributed by atoms with Crippen molar-refractivity contribution in [2.45, 2.75) is 70.0 Å². The van der Waals surface area contributed by atoms with Crippen LogP contribution in [-0.2, 0) is 19.1 Å². The zero-order valence-corrected chi connectivity index (χ0v) is 15.4. The van der Waals surface area contributed by atoms with E-state index in [1.165, 1.54) is 6.92 Å². The molecule has 0 saturated heterocycles. The third kappa shape index (κ3) is 16.5. The van der Waals surface area contributed by atoms with Gasteiger partial charge in [-0.25, -0.2) is 4.79 Å². The monoisotopic (exact) mass is 386 g/mol. The van der Waals surface area contributed by atoms with Crippen LogP contribution < -0.4 is 0 Å². The van der Waals surface area contributed by atoms with Crippen LogP contribution in [0.15, 0.2) is 0 Å². The number of rotatable bonds is 10. The van der Waals surface area contributed by atoms with Gasteiger partial charge in [-0.2, -0.15) is 0 Å². The third-order valence-corrected chi connectivity index (χ3v) is 2.90. The second-order valence-electron chi connectivity index (χ2n) is 5.26. The lowest BCUT2D eigenvalue weighted by Crippen LogP contribution is -2.20. The summed E-state index contributed by atoms with van der Waals surface area (Å²) in [6, 6.07) is 0. The van der Waals surface area contributed by atoms with Gasteiger partial charge in [0.05, 0.1) is 0 Å². The molecule has 0 aliphatic heterocycles. The van der Waals surface area contributed by atoms with Crippen molar-refractivity contribution in [2.75, 3.05) is 0 Å². The fraction of sp³-hybridized carbons (Fsp3) is 0.611. The number of ether oxygens (including phenoxy) is 2. The van der Waals surface area contributed by atoms with E-state index in [9.17, 15) is 14.4 Å². The molecule has 1 unspecified atom stereocenters. The second kappa shape index (κ2) is 14.9. The molecule has 0 bridgehead atoms. The summed E-state index contributed by atoms with van der Waals surface area (Å²) in [6.45, 7) is 1.47. The Hall–Kier alpha value is -2.38.